The molecule has 0 spiro atoms. The van der Waals surface area contributed by atoms with Crippen molar-refractivity contribution in [2.24, 2.45) is 0 Å². The van der Waals surface area contributed by atoms with Crippen molar-refractivity contribution in [3.63, 3.8) is 0 Å². The number of ether oxygens (including phenoxy) is 3. The molecule has 5 heterocycles. The number of aromatic nitrogens is 6. The molecular formula is C51H45Br2Cl2N11O12. The molecule has 0 aliphatic carbocycles. The van der Waals surface area contributed by atoms with Crippen LogP contribution >= 0.6 is 55.1 Å². The first-order valence-electron chi connectivity index (χ1n) is 23.7. The molecule has 2 aliphatic rings. The quantitative estimate of drug-likeness (QED) is 0.109. The molecule has 0 N–H and O–H groups in total. The van der Waals surface area contributed by atoms with Crippen LogP contribution in [0.2, 0.25) is 10.0 Å². The van der Waals surface area contributed by atoms with Crippen molar-refractivity contribution in [3.05, 3.63) is 153 Å². The van der Waals surface area contributed by atoms with Gasteiger partial charge in [0.15, 0.2) is 0 Å². The molecule has 2 saturated heterocycles. The third-order valence-electron chi connectivity index (χ3n) is 12.9. The molecule has 0 atom stereocenters. The lowest BCUT2D eigenvalue weighted by atomic mass is 10.2. The van der Waals surface area contributed by atoms with Crippen molar-refractivity contribution in [1.82, 2.24) is 24.5 Å². The van der Waals surface area contributed by atoms with E-state index in [-0.39, 0.29) is 93.5 Å². The Morgan fingerprint density at radius 2 is 0.756 bits per heavy atom. The number of carbonyl (C=O) groups is 3. The number of hydrogen-bond donors (Lipinski definition) is 0. The van der Waals surface area contributed by atoms with Crippen LogP contribution in [-0.4, -0.2) is 123 Å². The number of fused-ring (bicyclic) bond motifs is 6. The molecule has 0 radical (unpaired) electrons. The zero-order chi connectivity index (χ0) is 55.9. The fraction of sp³-hybridized carbons (Fsp3) is 0.235. The molecule has 9 aromatic rings. The van der Waals surface area contributed by atoms with Gasteiger partial charge in [0.1, 0.15) is 0 Å². The fourth-order valence-corrected chi connectivity index (χ4v) is 9.60. The van der Waals surface area contributed by atoms with Crippen molar-refractivity contribution >= 4 is 140 Å². The Morgan fingerprint density at radius 1 is 0.449 bits per heavy atom. The molecule has 2 aliphatic heterocycles. The van der Waals surface area contributed by atoms with Gasteiger partial charge >= 0.3 is 34.8 Å². The van der Waals surface area contributed by atoms with E-state index in [1.54, 1.807) is 64.4 Å². The second-order valence-corrected chi connectivity index (χ2v) is 20.7. The molecule has 404 valence electrons. The molecule has 0 unspecified atom stereocenters. The summed E-state index contributed by atoms with van der Waals surface area (Å²) in [4.78, 5) is 45.4. The van der Waals surface area contributed by atoms with Crippen LogP contribution in [0.3, 0.4) is 0 Å². The van der Waals surface area contributed by atoms with E-state index < -0.39 is 18.3 Å². The van der Waals surface area contributed by atoms with Crippen molar-refractivity contribution in [1.29, 1.82) is 0 Å². The Morgan fingerprint density at radius 3 is 1.15 bits per heavy atom. The second kappa shape index (κ2) is 22.6. The Balaban J connectivity index is 0.000000143. The van der Waals surface area contributed by atoms with Gasteiger partial charge in [-0.1, -0.05) is 53.5 Å². The molecular weight excluding hydrogens is 1190 g/mol. The average molecular weight is 1230 g/mol. The van der Waals surface area contributed by atoms with Crippen molar-refractivity contribution in [2.45, 2.75) is 0 Å². The van der Waals surface area contributed by atoms with Gasteiger partial charge in [-0.25, -0.2) is 14.4 Å². The molecule has 0 saturated carbocycles. The lowest BCUT2D eigenvalue weighted by molar-refractivity contribution is -0.591. The number of piperazine rings is 2. The maximum atomic E-state index is 13.0. The zero-order valence-corrected chi connectivity index (χ0v) is 46.5. The highest BCUT2D eigenvalue weighted by atomic mass is 79.9. The maximum Gasteiger partial charge on any atom is 0.415 e. The Kier molecular flexibility index (Phi) is 16.0. The molecule has 27 heteroatoms. The average Bonchev–Trinajstić information content (AvgIpc) is 3.52. The third kappa shape index (κ3) is 10.8. The van der Waals surface area contributed by atoms with Gasteiger partial charge in [-0.15, -0.1) is 0 Å². The first-order chi connectivity index (χ1) is 37.2. The smallest absolute Gasteiger partial charge is 0.415 e. The third-order valence-corrected chi connectivity index (χ3v) is 15.5. The van der Waals surface area contributed by atoms with Gasteiger partial charge in [-0.2, -0.15) is 28.4 Å². The number of carbonyl (C=O) groups excluding carboxylic acids is 3. The van der Waals surface area contributed by atoms with Gasteiger partial charge in [-0.3, -0.25) is 0 Å². The number of rotatable bonds is 3. The summed E-state index contributed by atoms with van der Waals surface area (Å²) in [5, 5.41) is 77.0. The van der Waals surface area contributed by atoms with Crippen molar-refractivity contribution in [2.75, 3.05) is 80.5 Å². The molecule has 3 amide bonds. The lowest BCUT2D eigenvalue weighted by Crippen LogP contribution is -2.48. The SMILES string of the molecule is CN(C)C(=O)Oc1cccc2c1[n+]([O-])c1ccccc1[n+]2[O-].CN1CCN(C(=O)Oc2cccc3c2[n+]([O-])c2cc(Br)c(Br)cc2[n+]3[O-])CC1.CN1CCN(C(=O)Oc2cccc3c2[n+]([O-])c2cc(Cl)c(Cl)cc2[n+]3[O-])CC1. The highest BCUT2D eigenvalue weighted by molar-refractivity contribution is 9.13. The Labute approximate surface area is 469 Å². The zero-order valence-electron chi connectivity index (χ0n) is 41.8. The van der Waals surface area contributed by atoms with Crippen LogP contribution in [0, 0.1) is 31.2 Å². The Hall–Kier alpha value is -7.81. The minimum Gasteiger partial charge on any atom is -0.617 e. The normalized spacial score (nSPS) is 14.1. The monoisotopic (exact) mass is 1230 g/mol. The van der Waals surface area contributed by atoms with E-state index in [1.807, 2.05) is 14.1 Å². The molecule has 0 bridgehead atoms. The van der Waals surface area contributed by atoms with E-state index in [1.165, 1.54) is 67.5 Å². The summed E-state index contributed by atoms with van der Waals surface area (Å²) < 4.78 is 21.1. The highest BCUT2D eigenvalue weighted by Gasteiger charge is 2.32. The standard InChI is InChI=1S/C18H16Br2N4O4.C18H16Cl2N4O4.C15H13N3O4/c2*1-21-5-7-22(8-6-21)18(25)28-16-4-2-3-13-17(16)24(27)15-10-12(20)11(19)9-14(15)23(13)26;1-16(2)15(19)22-13-9-5-8-12-14(13)18(21)11-7-4-3-6-10(11)17(12)20/h2*2-4,9-10H,5-8H2,1H3;3-9H,1-2H3. The van der Waals surface area contributed by atoms with Gasteiger partial charge in [0.25, 0.3) is 49.7 Å². The van der Waals surface area contributed by atoms with Crippen LogP contribution in [0.25, 0.3) is 66.2 Å². The molecule has 11 rings (SSSR count). The van der Waals surface area contributed by atoms with Gasteiger partial charge in [0.05, 0.1) is 10.0 Å². The molecule has 78 heavy (non-hydrogen) atoms. The number of likely N-dealkylation sites (N-methyl/N-ethyl adjacent to an activating group) is 2. The van der Waals surface area contributed by atoms with Crippen LogP contribution in [0.4, 0.5) is 14.4 Å². The number of para-hydroxylation sites is 5. The predicted octanol–water partition coefficient (Wildman–Crippen LogP) is 6.16. The van der Waals surface area contributed by atoms with E-state index >= 15 is 0 Å². The van der Waals surface area contributed by atoms with Crippen LogP contribution in [0.1, 0.15) is 0 Å². The number of amides is 3. The predicted molar refractivity (Wildman–Crippen MR) is 293 cm³/mol. The topological polar surface area (TPSA) is 257 Å². The molecule has 3 aromatic heterocycles. The van der Waals surface area contributed by atoms with E-state index in [2.05, 4.69) is 41.7 Å². The summed E-state index contributed by atoms with van der Waals surface area (Å²) in [7, 11) is 7.02. The summed E-state index contributed by atoms with van der Waals surface area (Å²) in [5.74, 6) is 0.109. The summed E-state index contributed by atoms with van der Waals surface area (Å²) in [5.41, 5.74) is 1.24. The van der Waals surface area contributed by atoms with Crippen LogP contribution in [0.15, 0.2) is 112 Å². The van der Waals surface area contributed by atoms with Gasteiger partial charge in [0, 0.05) is 130 Å². The molecule has 23 nitrogen and oxygen atoms in total. The number of nitrogens with zero attached hydrogens (tertiary/aromatic N) is 11. The van der Waals surface area contributed by atoms with E-state index in [9.17, 15) is 45.6 Å². The van der Waals surface area contributed by atoms with Crippen LogP contribution < -0.4 is 42.6 Å². The minimum absolute atomic E-state index is 0.00833. The van der Waals surface area contributed by atoms with Crippen molar-refractivity contribution < 1.29 is 57.0 Å². The Bertz CT molecular complexity index is 3710. The van der Waals surface area contributed by atoms with E-state index in [4.69, 9.17) is 37.4 Å². The molecule has 2 fully saturated rings. The summed E-state index contributed by atoms with van der Waals surface area (Å²) in [6.45, 7) is 5.10. The second-order valence-electron chi connectivity index (χ2n) is 18.2. The largest absolute Gasteiger partial charge is 0.617 e. The fourth-order valence-electron chi connectivity index (χ4n) is 8.62. The molecule has 6 aromatic carbocycles. The summed E-state index contributed by atoms with van der Waals surface area (Å²) >= 11 is 18.7. The number of benzene rings is 6. The number of halogens is 4. The summed E-state index contributed by atoms with van der Waals surface area (Å²) in [6.07, 6.45) is -1.72. The lowest BCUT2D eigenvalue weighted by Gasteiger charge is -2.31. The van der Waals surface area contributed by atoms with Crippen LogP contribution in [0.5, 0.6) is 17.2 Å². The maximum absolute atomic E-state index is 13.0. The first kappa shape index (κ1) is 55.0. The van der Waals surface area contributed by atoms with Gasteiger partial charge in [0.2, 0.25) is 17.2 Å². The van der Waals surface area contributed by atoms with Gasteiger partial charge < -0.3 is 70.0 Å². The van der Waals surface area contributed by atoms with Crippen LogP contribution in [-0.2, 0) is 0 Å². The van der Waals surface area contributed by atoms with Crippen molar-refractivity contribution in [3.8, 4) is 17.2 Å². The highest BCUT2D eigenvalue weighted by Crippen LogP contribution is 2.31. The minimum atomic E-state index is -0.627. The van der Waals surface area contributed by atoms with E-state index in [0.717, 1.165) is 26.2 Å². The first-order valence-corrected chi connectivity index (χ1v) is 26.1. The van der Waals surface area contributed by atoms with E-state index in [0.29, 0.717) is 63.5 Å². The summed E-state index contributed by atoms with van der Waals surface area (Å²) in [6, 6.07) is 25.9. The van der Waals surface area contributed by atoms with Gasteiger partial charge in [-0.05, 0) is 64.2 Å². The number of hydrogen-bond acceptors (Lipinski definition) is 14.